The number of nitrogens with one attached hydrogen (secondary N) is 1. The van der Waals surface area contributed by atoms with E-state index in [9.17, 15) is 18.0 Å². The number of sulfonamides is 1. The monoisotopic (exact) mass is 450 g/mol. The van der Waals surface area contributed by atoms with Gasteiger partial charge in [-0.2, -0.15) is 0 Å². The number of rotatable bonds is 7. The smallest absolute Gasteiger partial charge is 0.341 e. The van der Waals surface area contributed by atoms with Gasteiger partial charge in [-0.1, -0.05) is 12.1 Å². The second-order valence-corrected chi connectivity index (χ2v) is 10.4. The van der Waals surface area contributed by atoms with Crippen LogP contribution in [0.3, 0.4) is 0 Å². The number of amides is 1. The molecule has 1 aliphatic rings. The Kier molecular flexibility index (Phi) is 6.52. The molecule has 0 saturated heterocycles. The molecule has 0 saturated carbocycles. The molecule has 0 aliphatic heterocycles. The lowest BCUT2D eigenvalue weighted by Crippen LogP contribution is -2.38. The zero-order valence-electron chi connectivity index (χ0n) is 17.6. The van der Waals surface area contributed by atoms with Crippen molar-refractivity contribution in [2.45, 2.75) is 40.0 Å². The third-order valence-electron chi connectivity index (χ3n) is 4.97. The molecule has 1 amide bonds. The number of nitrogens with zero attached hydrogens (tertiary/aromatic N) is 1. The molecule has 0 radical (unpaired) electrons. The van der Waals surface area contributed by atoms with E-state index in [0.29, 0.717) is 16.3 Å². The van der Waals surface area contributed by atoms with Crippen LogP contribution in [0.15, 0.2) is 18.2 Å². The molecule has 30 heavy (non-hydrogen) atoms. The first-order chi connectivity index (χ1) is 14.1. The summed E-state index contributed by atoms with van der Waals surface area (Å²) in [6.45, 7) is 5.26. The topological polar surface area (TPSA) is 92.8 Å². The van der Waals surface area contributed by atoms with Crippen molar-refractivity contribution >= 4 is 43.9 Å². The van der Waals surface area contributed by atoms with Crippen molar-refractivity contribution in [3.8, 4) is 0 Å². The average Bonchev–Trinajstić information content (AvgIpc) is 3.21. The van der Waals surface area contributed by atoms with Crippen molar-refractivity contribution in [1.29, 1.82) is 0 Å². The summed E-state index contributed by atoms with van der Waals surface area (Å²) in [4.78, 5) is 26.4. The molecule has 7 nitrogen and oxygen atoms in total. The first-order valence-electron chi connectivity index (χ1n) is 9.78. The van der Waals surface area contributed by atoms with Gasteiger partial charge in [-0.25, -0.2) is 13.2 Å². The van der Waals surface area contributed by atoms with Gasteiger partial charge < -0.3 is 10.1 Å². The van der Waals surface area contributed by atoms with E-state index in [1.807, 2.05) is 19.1 Å². The highest BCUT2D eigenvalue weighted by Crippen LogP contribution is 2.39. The fourth-order valence-corrected chi connectivity index (χ4v) is 5.78. The van der Waals surface area contributed by atoms with E-state index in [-0.39, 0.29) is 13.2 Å². The second kappa shape index (κ2) is 8.77. The van der Waals surface area contributed by atoms with E-state index in [1.165, 1.54) is 11.3 Å². The predicted molar refractivity (Wildman–Crippen MR) is 119 cm³/mol. The van der Waals surface area contributed by atoms with Crippen LogP contribution in [-0.2, 0) is 32.4 Å². The van der Waals surface area contributed by atoms with Gasteiger partial charge in [-0.05, 0) is 62.8 Å². The Morgan fingerprint density at radius 2 is 1.97 bits per heavy atom. The Morgan fingerprint density at radius 3 is 2.63 bits per heavy atom. The molecule has 0 atom stereocenters. The zero-order chi connectivity index (χ0) is 22.1. The van der Waals surface area contributed by atoms with E-state index in [2.05, 4.69) is 5.32 Å². The fourth-order valence-electron chi connectivity index (χ4n) is 3.58. The van der Waals surface area contributed by atoms with Crippen molar-refractivity contribution in [3.63, 3.8) is 0 Å². The molecule has 2 aromatic rings. The van der Waals surface area contributed by atoms with Crippen LogP contribution in [0.4, 0.5) is 10.7 Å². The standard InChI is InChI=1S/C21H26N2O5S2/c1-5-28-21(25)19-15-7-6-8-17(15)29-20(19)22-18(24)12-23(30(4,26)27)16-11-13(2)9-10-14(16)3/h9-11H,5-8,12H2,1-4H3,(H,22,24). The summed E-state index contributed by atoms with van der Waals surface area (Å²) < 4.78 is 31.1. The van der Waals surface area contributed by atoms with Gasteiger partial charge in [0.25, 0.3) is 0 Å². The molecule has 0 unspecified atom stereocenters. The summed E-state index contributed by atoms with van der Waals surface area (Å²) in [6.07, 6.45) is 3.68. The van der Waals surface area contributed by atoms with E-state index in [1.54, 1.807) is 19.9 Å². The molecule has 0 spiro atoms. The van der Waals surface area contributed by atoms with Gasteiger partial charge in [0.1, 0.15) is 11.5 Å². The molecule has 1 aromatic carbocycles. The SMILES string of the molecule is CCOC(=O)c1c(NC(=O)CN(c2cc(C)ccc2C)S(C)(=O)=O)sc2c1CCC2. The van der Waals surface area contributed by atoms with Gasteiger partial charge in [0.2, 0.25) is 15.9 Å². The van der Waals surface area contributed by atoms with Crippen molar-refractivity contribution in [1.82, 2.24) is 0 Å². The van der Waals surface area contributed by atoms with Crippen LogP contribution in [-0.4, -0.2) is 39.7 Å². The van der Waals surface area contributed by atoms with E-state index in [4.69, 9.17) is 4.74 Å². The molecule has 1 N–H and O–H groups in total. The number of thiophene rings is 1. The maximum atomic E-state index is 12.8. The van der Waals surface area contributed by atoms with Crippen LogP contribution in [0.25, 0.3) is 0 Å². The highest BCUT2D eigenvalue weighted by Gasteiger charge is 2.29. The van der Waals surface area contributed by atoms with Crippen LogP contribution >= 0.6 is 11.3 Å². The summed E-state index contributed by atoms with van der Waals surface area (Å²) in [5, 5.41) is 3.19. The van der Waals surface area contributed by atoms with Crippen molar-refractivity contribution in [2.75, 3.05) is 29.0 Å². The molecule has 0 bridgehead atoms. The molecule has 162 valence electrons. The summed E-state index contributed by atoms with van der Waals surface area (Å²) in [6, 6.07) is 5.45. The Labute approximate surface area is 181 Å². The van der Waals surface area contributed by atoms with Gasteiger partial charge >= 0.3 is 5.97 Å². The quantitative estimate of drug-likeness (QED) is 0.653. The van der Waals surface area contributed by atoms with Crippen LogP contribution in [0, 0.1) is 13.8 Å². The number of esters is 1. The molecule has 1 heterocycles. The number of hydrogen-bond acceptors (Lipinski definition) is 6. The maximum Gasteiger partial charge on any atom is 0.341 e. The molecule has 1 aromatic heterocycles. The Balaban J connectivity index is 1.89. The first-order valence-corrected chi connectivity index (χ1v) is 12.4. The number of hydrogen-bond donors (Lipinski definition) is 1. The lowest BCUT2D eigenvalue weighted by molar-refractivity contribution is -0.114. The summed E-state index contributed by atoms with van der Waals surface area (Å²) in [5.41, 5.74) is 3.45. The molecule has 3 rings (SSSR count). The van der Waals surface area contributed by atoms with Gasteiger partial charge in [-0.3, -0.25) is 9.10 Å². The number of ether oxygens (including phenoxy) is 1. The van der Waals surface area contributed by atoms with Crippen LogP contribution in [0.5, 0.6) is 0 Å². The third kappa shape index (κ3) is 4.67. The summed E-state index contributed by atoms with van der Waals surface area (Å²) in [5.74, 6) is -0.964. The Bertz CT molecular complexity index is 1090. The van der Waals surface area contributed by atoms with E-state index >= 15 is 0 Å². The van der Waals surface area contributed by atoms with Gasteiger partial charge in [0.15, 0.2) is 0 Å². The van der Waals surface area contributed by atoms with Crippen molar-refractivity contribution in [2.24, 2.45) is 0 Å². The minimum absolute atomic E-state index is 0.241. The minimum atomic E-state index is -3.69. The minimum Gasteiger partial charge on any atom is -0.462 e. The van der Waals surface area contributed by atoms with Crippen molar-refractivity contribution < 1.29 is 22.7 Å². The predicted octanol–water partition coefficient (Wildman–Crippen LogP) is 3.44. The van der Waals surface area contributed by atoms with Crippen LogP contribution in [0.1, 0.15) is 45.3 Å². The van der Waals surface area contributed by atoms with Crippen LogP contribution < -0.4 is 9.62 Å². The number of fused-ring (bicyclic) bond motifs is 1. The van der Waals surface area contributed by atoms with Gasteiger partial charge in [-0.15, -0.1) is 11.3 Å². The first kappa shape index (κ1) is 22.3. The fraction of sp³-hybridized carbons (Fsp3) is 0.429. The molecule has 9 heteroatoms. The summed E-state index contributed by atoms with van der Waals surface area (Å²) in [7, 11) is -3.69. The third-order valence-corrected chi connectivity index (χ3v) is 7.31. The van der Waals surface area contributed by atoms with Gasteiger partial charge in [0.05, 0.1) is 24.1 Å². The Hall–Kier alpha value is -2.39. The van der Waals surface area contributed by atoms with Gasteiger partial charge in [0, 0.05) is 4.88 Å². The average molecular weight is 451 g/mol. The number of carbonyl (C=O) groups is 2. The number of benzene rings is 1. The normalized spacial score (nSPS) is 13.1. The lowest BCUT2D eigenvalue weighted by Gasteiger charge is -2.24. The largest absolute Gasteiger partial charge is 0.462 e. The van der Waals surface area contributed by atoms with Crippen molar-refractivity contribution in [3.05, 3.63) is 45.3 Å². The Morgan fingerprint density at radius 1 is 1.23 bits per heavy atom. The maximum absolute atomic E-state index is 12.8. The highest BCUT2D eigenvalue weighted by atomic mass is 32.2. The molecule has 1 aliphatic carbocycles. The molecular formula is C21H26N2O5S2. The zero-order valence-corrected chi connectivity index (χ0v) is 19.2. The molecule has 0 fully saturated rings. The van der Waals surface area contributed by atoms with E-state index in [0.717, 1.165) is 51.4 Å². The molecular weight excluding hydrogens is 424 g/mol. The summed E-state index contributed by atoms with van der Waals surface area (Å²) >= 11 is 1.37. The van der Waals surface area contributed by atoms with E-state index < -0.39 is 21.9 Å². The number of carbonyl (C=O) groups excluding carboxylic acids is 2. The second-order valence-electron chi connectivity index (χ2n) is 7.39. The number of anilines is 2. The van der Waals surface area contributed by atoms with Crippen LogP contribution in [0.2, 0.25) is 0 Å². The highest BCUT2D eigenvalue weighted by molar-refractivity contribution is 7.92. The lowest BCUT2D eigenvalue weighted by atomic mass is 10.1. The number of aryl methyl sites for hydroxylation is 3.